The van der Waals surface area contributed by atoms with E-state index in [0.29, 0.717) is 19.7 Å². The molecule has 54 heavy (non-hydrogen) atoms. The number of aliphatic hydroxyl groups excluding tert-OH is 1. The number of aryl methyl sites for hydroxylation is 2. The average molecular weight is 738 g/mol. The summed E-state index contributed by atoms with van der Waals surface area (Å²) in [4.78, 5) is 47.3. The molecule has 4 aromatic rings. The second kappa shape index (κ2) is 14.2. The summed E-state index contributed by atoms with van der Waals surface area (Å²) in [6.07, 6.45) is 5.45. The highest BCUT2D eigenvalue weighted by Gasteiger charge is 2.39. The van der Waals surface area contributed by atoms with E-state index in [1.165, 1.54) is 12.7 Å². The zero-order valence-corrected chi connectivity index (χ0v) is 32.0. The van der Waals surface area contributed by atoms with Crippen molar-refractivity contribution < 1.29 is 28.9 Å². The fourth-order valence-corrected chi connectivity index (χ4v) is 8.44. The number of likely N-dealkylation sites (tertiary alicyclic amines) is 2. The quantitative estimate of drug-likeness (QED) is 0.150. The van der Waals surface area contributed by atoms with Crippen LogP contribution in [0, 0.1) is 5.92 Å². The van der Waals surface area contributed by atoms with E-state index in [1.54, 1.807) is 4.90 Å². The van der Waals surface area contributed by atoms with E-state index in [9.17, 15) is 14.7 Å². The summed E-state index contributed by atoms with van der Waals surface area (Å²) in [6.45, 7) is 11.3. The molecule has 1 aliphatic carbocycles. The van der Waals surface area contributed by atoms with E-state index in [0.717, 1.165) is 101 Å². The maximum absolute atomic E-state index is 13.8. The number of fused-ring (bicyclic) bond motifs is 6. The number of hydrogen-bond donors (Lipinski definition) is 4. The number of aliphatic hydroxyl groups is 1. The highest BCUT2D eigenvalue weighted by molar-refractivity contribution is 5.84. The summed E-state index contributed by atoms with van der Waals surface area (Å²) < 4.78 is 17.1. The number of benzene rings is 2. The van der Waals surface area contributed by atoms with Gasteiger partial charge in [-0.3, -0.25) is 15.0 Å². The molecule has 13 nitrogen and oxygen atoms in total. The number of ether oxygens (including phenoxy) is 3. The molecule has 4 atom stereocenters. The van der Waals surface area contributed by atoms with Gasteiger partial charge >= 0.3 is 6.09 Å². The molecule has 2 amide bonds. The van der Waals surface area contributed by atoms with E-state index in [1.807, 2.05) is 45.7 Å². The molecule has 4 N–H and O–H groups in total. The third kappa shape index (κ3) is 6.77. The molecule has 0 bridgehead atoms. The van der Waals surface area contributed by atoms with Crippen LogP contribution in [-0.4, -0.2) is 85.1 Å². The van der Waals surface area contributed by atoms with Gasteiger partial charge in [-0.2, -0.15) is 0 Å². The lowest BCUT2D eigenvalue weighted by atomic mass is 9.86. The molecule has 3 aliphatic heterocycles. The number of rotatable bonds is 8. The van der Waals surface area contributed by atoms with Crippen LogP contribution in [0.1, 0.15) is 101 Å². The Morgan fingerprint density at radius 1 is 0.963 bits per heavy atom. The Labute approximate surface area is 315 Å². The van der Waals surface area contributed by atoms with Gasteiger partial charge in [0.05, 0.1) is 35.7 Å². The van der Waals surface area contributed by atoms with Crippen molar-refractivity contribution in [1.29, 1.82) is 0 Å². The van der Waals surface area contributed by atoms with Crippen LogP contribution in [0.3, 0.4) is 0 Å². The van der Waals surface area contributed by atoms with Gasteiger partial charge in [0.25, 0.3) is 0 Å². The maximum atomic E-state index is 13.8. The van der Waals surface area contributed by atoms with Crippen LogP contribution in [0.15, 0.2) is 36.5 Å². The normalized spacial score (nSPS) is 20.2. The molecule has 0 spiro atoms. The summed E-state index contributed by atoms with van der Waals surface area (Å²) in [5.41, 5.74) is 8.97. The third-order valence-corrected chi connectivity index (χ3v) is 11.1. The molecule has 2 aromatic carbocycles. The van der Waals surface area contributed by atoms with Crippen LogP contribution in [0.5, 0.6) is 5.75 Å². The number of hydrogen-bond acceptors (Lipinski definition) is 9. The second-order valence-corrected chi connectivity index (χ2v) is 16.3. The minimum Gasteiger partial charge on any atom is -0.488 e. The summed E-state index contributed by atoms with van der Waals surface area (Å²) >= 11 is 0. The van der Waals surface area contributed by atoms with Crippen molar-refractivity contribution in [2.75, 3.05) is 20.2 Å². The molecule has 2 aromatic heterocycles. The first-order chi connectivity index (χ1) is 25.9. The molecule has 0 saturated carbocycles. The van der Waals surface area contributed by atoms with Crippen molar-refractivity contribution in [3.8, 4) is 39.4 Å². The number of nitrogens with one attached hydrogen (secondary N) is 3. The van der Waals surface area contributed by atoms with Gasteiger partial charge in [0.1, 0.15) is 29.6 Å². The molecule has 286 valence electrons. The molecule has 0 radical (unpaired) electrons. The highest BCUT2D eigenvalue weighted by atomic mass is 16.6. The van der Waals surface area contributed by atoms with Crippen LogP contribution in [-0.2, 0) is 33.7 Å². The topological polar surface area (TPSA) is 158 Å². The molecule has 8 rings (SSSR count). The lowest BCUT2D eigenvalue weighted by molar-refractivity contribution is -0.145. The van der Waals surface area contributed by atoms with Crippen LogP contribution in [0.25, 0.3) is 33.6 Å². The van der Waals surface area contributed by atoms with Gasteiger partial charge in [-0.25, -0.2) is 14.8 Å². The van der Waals surface area contributed by atoms with Crippen molar-refractivity contribution in [3.05, 3.63) is 65.0 Å². The maximum Gasteiger partial charge on any atom is 0.410 e. The number of imidazole rings is 2. The molecule has 4 aliphatic rings. The first-order valence-electron chi connectivity index (χ1n) is 19.2. The Morgan fingerprint density at radius 3 is 2.46 bits per heavy atom. The molecule has 5 heterocycles. The Kier molecular flexibility index (Phi) is 9.51. The Balaban J connectivity index is 1.02. The molecule has 13 heteroatoms. The van der Waals surface area contributed by atoms with Crippen molar-refractivity contribution in [1.82, 2.24) is 35.1 Å². The fraction of sp³-hybridized carbons (Fsp3) is 0.512. The minimum atomic E-state index is -1.22. The number of nitrogens with zero attached hydrogens (tertiary/aromatic N) is 4. The lowest BCUT2D eigenvalue weighted by Gasteiger charge is -2.31. The van der Waals surface area contributed by atoms with Crippen LogP contribution in [0.4, 0.5) is 4.79 Å². The Bertz CT molecular complexity index is 2060. The van der Waals surface area contributed by atoms with Crippen LogP contribution in [0.2, 0.25) is 0 Å². The van der Waals surface area contributed by atoms with Gasteiger partial charge in [-0.05, 0) is 106 Å². The van der Waals surface area contributed by atoms with Gasteiger partial charge in [-0.15, -0.1) is 0 Å². The largest absolute Gasteiger partial charge is 0.488 e. The van der Waals surface area contributed by atoms with Crippen LogP contribution >= 0.6 is 0 Å². The fourth-order valence-electron chi connectivity index (χ4n) is 8.44. The standard InChI is InChI=1S/C41H51N7O6/c1-22(2)34(46-39(50)52-6)38(49)47-15-7-10-32(47)37-43-29-14-12-23-18-28-26-13-11-24(17-25(26)21-53-33(28)19-27(23)35(29)45-37)30-20-42-36(44-30)31-9-8-16-48(31)40(51)54-41(3,4)5/h11,13,17-20,22,31-32,34,39,46,50H,7-10,12,14-16,21H2,1-6H3,(H,42,44)(H,43,45)/t31-,32-,34-,39?/m0/s1. The van der Waals surface area contributed by atoms with E-state index in [4.69, 9.17) is 24.2 Å². The molecule has 2 fully saturated rings. The summed E-state index contributed by atoms with van der Waals surface area (Å²) in [5.74, 6) is 2.30. The number of H-pyrrole nitrogens is 2. The highest BCUT2D eigenvalue weighted by Crippen LogP contribution is 2.45. The predicted molar refractivity (Wildman–Crippen MR) is 202 cm³/mol. The third-order valence-electron chi connectivity index (χ3n) is 11.1. The lowest BCUT2D eigenvalue weighted by Crippen LogP contribution is -2.52. The minimum absolute atomic E-state index is 0.0400. The van der Waals surface area contributed by atoms with E-state index < -0.39 is 18.1 Å². The first-order valence-corrected chi connectivity index (χ1v) is 19.2. The predicted octanol–water partition coefficient (Wildman–Crippen LogP) is 6.40. The average Bonchev–Trinajstić information content (AvgIpc) is 3.97. The number of aromatic amines is 2. The molecular formula is C41H51N7O6. The van der Waals surface area contributed by atoms with Gasteiger partial charge in [0, 0.05) is 37.0 Å². The summed E-state index contributed by atoms with van der Waals surface area (Å²) in [5, 5.41) is 13.0. The van der Waals surface area contributed by atoms with Gasteiger partial charge in [0.15, 0.2) is 0 Å². The zero-order valence-electron chi connectivity index (χ0n) is 32.0. The molecule has 2 saturated heterocycles. The molecular weight excluding hydrogens is 686 g/mol. The number of amides is 2. The smallest absolute Gasteiger partial charge is 0.410 e. The van der Waals surface area contributed by atoms with Crippen LogP contribution < -0.4 is 10.1 Å². The van der Waals surface area contributed by atoms with E-state index >= 15 is 0 Å². The number of methoxy groups -OCH3 is 1. The van der Waals surface area contributed by atoms with Crippen molar-refractivity contribution >= 4 is 12.0 Å². The summed E-state index contributed by atoms with van der Waals surface area (Å²) in [7, 11) is 1.40. The number of aromatic nitrogens is 4. The van der Waals surface area contributed by atoms with Crippen molar-refractivity contribution in [2.24, 2.45) is 5.92 Å². The monoisotopic (exact) mass is 737 g/mol. The van der Waals surface area contributed by atoms with Gasteiger partial charge < -0.3 is 34.2 Å². The first kappa shape index (κ1) is 36.3. The van der Waals surface area contributed by atoms with Gasteiger partial charge in [-0.1, -0.05) is 26.0 Å². The number of carbonyl (C=O) groups is 2. The van der Waals surface area contributed by atoms with Gasteiger partial charge in [0.2, 0.25) is 12.3 Å². The molecule has 1 unspecified atom stereocenters. The van der Waals surface area contributed by atoms with E-state index in [2.05, 4.69) is 45.6 Å². The zero-order chi connectivity index (χ0) is 37.9. The van der Waals surface area contributed by atoms with Crippen molar-refractivity contribution in [2.45, 2.75) is 110 Å². The SMILES string of the molecule is COC(O)N[C@H](C(=O)N1CCC[C@H]1c1nc2c([nH]1)CCc1cc3c(cc1-2)OCc1cc(-c2cnc([C@@H]4CCCN4C(=O)OC(C)(C)C)[nH]2)ccc1-3)C(C)C. The van der Waals surface area contributed by atoms with E-state index in [-0.39, 0.29) is 30.0 Å². The number of carbonyl (C=O) groups excluding carboxylic acids is 2. The summed E-state index contributed by atoms with van der Waals surface area (Å²) in [6, 6.07) is 9.94. The Morgan fingerprint density at radius 2 is 1.72 bits per heavy atom. The second-order valence-electron chi connectivity index (χ2n) is 16.3. The Hall–Kier alpha value is -4.72. The van der Waals surface area contributed by atoms with Crippen molar-refractivity contribution in [3.63, 3.8) is 0 Å².